The van der Waals surface area contributed by atoms with Crippen LogP contribution in [0.2, 0.25) is 0 Å². The third-order valence-corrected chi connectivity index (χ3v) is 4.40. The van der Waals surface area contributed by atoms with E-state index >= 15 is 0 Å². The van der Waals surface area contributed by atoms with Crippen molar-refractivity contribution >= 4 is 11.6 Å². The second kappa shape index (κ2) is 10.2. The molecule has 154 valence electrons. The molecule has 0 spiro atoms. The Morgan fingerprint density at radius 2 is 1.86 bits per heavy atom. The molecule has 0 aliphatic rings. The highest BCUT2D eigenvalue weighted by atomic mass is 16.4. The van der Waals surface area contributed by atoms with E-state index in [1.54, 1.807) is 6.20 Å². The first kappa shape index (κ1) is 21.8. The van der Waals surface area contributed by atoms with Gasteiger partial charge >= 0.3 is 0 Å². The summed E-state index contributed by atoms with van der Waals surface area (Å²) in [6.07, 6.45) is 3.88. The van der Waals surface area contributed by atoms with Crippen LogP contribution < -0.4 is 15.5 Å². The zero-order chi connectivity index (χ0) is 20.6. The van der Waals surface area contributed by atoms with Crippen molar-refractivity contribution in [1.29, 1.82) is 0 Å². The zero-order valence-electron chi connectivity index (χ0n) is 18.2. The Labute approximate surface area is 169 Å². The van der Waals surface area contributed by atoms with Crippen molar-refractivity contribution in [3.63, 3.8) is 0 Å². The first-order valence-electron chi connectivity index (χ1n) is 10.0. The van der Waals surface area contributed by atoms with Gasteiger partial charge in [0.15, 0.2) is 5.96 Å². The lowest BCUT2D eigenvalue weighted by Crippen LogP contribution is -2.37. The van der Waals surface area contributed by atoms with Crippen LogP contribution >= 0.6 is 0 Å². The number of rotatable bonds is 8. The minimum Gasteiger partial charge on any atom is -0.443 e. The first-order valence-corrected chi connectivity index (χ1v) is 10.0. The van der Waals surface area contributed by atoms with Gasteiger partial charge in [-0.1, -0.05) is 32.9 Å². The van der Waals surface area contributed by atoms with Gasteiger partial charge in [-0.3, -0.25) is 0 Å². The van der Waals surface area contributed by atoms with E-state index in [0.29, 0.717) is 12.4 Å². The third-order valence-electron chi connectivity index (χ3n) is 4.40. The van der Waals surface area contributed by atoms with Crippen molar-refractivity contribution in [3.05, 3.63) is 47.7 Å². The van der Waals surface area contributed by atoms with Crippen LogP contribution in [0.15, 0.2) is 39.9 Å². The van der Waals surface area contributed by atoms with Gasteiger partial charge in [0.25, 0.3) is 0 Å². The standard InChI is InChI=1S/C22H35N5O/c1-7-23-21(26-16-20-25-15-19(28-20)22(2,3)4)24-14-8-9-17-10-12-18(13-11-17)27(5)6/h10-13,15H,7-9,14,16H2,1-6H3,(H2,23,24,26). The smallest absolute Gasteiger partial charge is 0.216 e. The maximum Gasteiger partial charge on any atom is 0.216 e. The highest BCUT2D eigenvalue weighted by Crippen LogP contribution is 2.22. The average molecular weight is 386 g/mol. The molecule has 0 amide bonds. The zero-order valence-corrected chi connectivity index (χ0v) is 18.2. The van der Waals surface area contributed by atoms with Crippen LogP contribution in [0.5, 0.6) is 0 Å². The lowest BCUT2D eigenvalue weighted by atomic mass is 9.94. The van der Waals surface area contributed by atoms with Gasteiger partial charge in [-0.15, -0.1) is 0 Å². The average Bonchev–Trinajstić information content (AvgIpc) is 3.13. The van der Waals surface area contributed by atoms with Gasteiger partial charge in [0.2, 0.25) is 5.89 Å². The molecule has 0 atom stereocenters. The molecule has 1 heterocycles. The molecular formula is C22H35N5O. The molecule has 0 aliphatic carbocycles. The molecule has 6 nitrogen and oxygen atoms in total. The van der Waals surface area contributed by atoms with Crippen molar-refractivity contribution in [1.82, 2.24) is 15.6 Å². The van der Waals surface area contributed by atoms with Crippen molar-refractivity contribution in [3.8, 4) is 0 Å². The predicted molar refractivity (Wildman–Crippen MR) is 117 cm³/mol. The highest BCUT2D eigenvalue weighted by Gasteiger charge is 2.18. The number of benzene rings is 1. The second-order valence-corrected chi connectivity index (χ2v) is 8.15. The monoisotopic (exact) mass is 385 g/mol. The Bertz CT molecular complexity index is 741. The van der Waals surface area contributed by atoms with Gasteiger partial charge in [0.05, 0.1) is 6.20 Å². The summed E-state index contributed by atoms with van der Waals surface area (Å²) in [6, 6.07) is 8.72. The fraction of sp³-hybridized carbons (Fsp3) is 0.545. The molecule has 0 saturated heterocycles. The van der Waals surface area contributed by atoms with Crippen molar-refractivity contribution < 1.29 is 4.42 Å². The molecule has 1 aromatic heterocycles. The Kier molecular flexibility index (Phi) is 7.91. The lowest BCUT2D eigenvalue weighted by Gasteiger charge is -2.13. The number of nitrogens with zero attached hydrogens (tertiary/aromatic N) is 3. The molecule has 1 aromatic carbocycles. The quantitative estimate of drug-likeness (QED) is 0.412. The van der Waals surface area contributed by atoms with Gasteiger partial charge in [0.1, 0.15) is 12.3 Å². The largest absolute Gasteiger partial charge is 0.443 e. The Morgan fingerprint density at radius 3 is 2.43 bits per heavy atom. The Morgan fingerprint density at radius 1 is 1.14 bits per heavy atom. The summed E-state index contributed by atoms with van der Waals surface area (Å²) in [7, 11) is 4.12. The van der Waals surface area contributed by atoms with Crippen molar-refractivity contribution in [2.75, 3.05) is 32.1 Å². The van der Waals surface area contributed by atoms with Gasteiger partial charge in [0, 0.05) is 38.3 Å². The SMILES string of the molecule is CCNC(=NCc1ncc(C(C)(C)C)o1)NCCCc1ccc(N(C)C)cc1. The van der Waals surface area contributed by atoms with Gasteiger partial charge < -0.3 is 20.0 Å². The van der Waals surface area contributed by atoms with E-state index in [0.717, 1.165) is 37.7 Å². The number of nitrogens with one attached hydrogen (secondary N) is 2. The fourth-order valence-electron chi connectivity index (χ4n) is 2.68. The molecule has 0 saturated carbocycles. The van der Waals surface area contributed by atoms with Crippen LogP contribution in [0.3, 0.4) is 0 Å². The minimum atomic E-state index is -0.0392. The summed E-state index contributed by atoms with van der Waals surface area (Å²) < 4.78 is 5.81. The van der Waals surface area contributed by atoms with Crippen molar-refractivity contribution in [2.24, 2.45) is 4.99 Å². The highest BCUT2D eigenvalue weighted by molar-refractivity contribution is 5.79. The molecule has 0 unspecified atom stereocenters. The number of aryl methyl sites for hydroxylation is 1. The molecular weight excluding hydrogens is 350 g/mol. The van der Waals surface area contributed by atoms with Crippen LogP contribution in [-0.2, 0) is 18.4 Å². The van der Waals surface area contributed by atoms with Crippen LogP contribution in [0.25, 0.3) is 0 Å². The Balaban J connectivity index is 1.81. The maximum atomic E-state index is 5.81. The predicted octanol–water partition coefficient (Wildman–Crippen LogP) is 3.73. The number of anilines is 1. The van der Waals surface area contributed by atoms with Gasteiger partial charge in [-0.25, -0.2) is 9.98 Å². The lowest BCUT2D eigenvalue weighted by molar-refractivity contribution is 0.383. The van der Waals surface area contributed by atoms with E-state index in [1.165, 1.54) is 11.3 Å². The molecule has 2 N–H and O–H groups in total. The third kappa shape index (κ3) is 6.91. The number of guanidine groups is 1. The molecule has 0 aliphatic heterocycles. The molecule has 0 bridgehead atoms. The van der Waals surface area contributed by atoms with Crippen LogP contribution in [0.1, 0.15) is 51.3 Å². The summed E-state index contributed by atoms with van der Waals surface area (Å²) >= 11 is 0. The summed E-state index contributed by atoms with van der Waals surface area (Å²) in [5.41, 5.74) is 2.54. The number of aromatic nitrogens is 1. The maximum absolute atomic E-state index is 5.81. The number of oxazole rings is 1. The number of aliphatic imine (C=N–C) groups is 1. The summed E-state index contributed by atoms with van der Waals surface area (Å²) in [5.74, 6) is 2.32. The van der Waals surface area contributed by atoms with Crippen LogP contribution in [0.4, 0.5) is 5.69 Å². The van der Waals surface area contributed by atoms with Gasteiger partial charge in [-0.05, 0) is 37.5 Å². The van der Waals surface area contributed by atoms with Crippen LogP contribution in [-0.4, -0.2) is 38.1 Å². The number of hydrogen-bond donors (Lipinski definition) is 2. The van der Waals surface area contributed by atoms with E-state index in [2.05, 4.69) is 91.6 Å². The summed E-state index contributed by atoms with van der Waals surface area (Å²) in [5, 5.41) is 6.66. The van der Waals surface area contributed by atoms with Crippen LogP contribution in [0, 0.1) is 0 Å². The topological polar surface area (TPSA) is 65.7 Å². The molecule has 0 radical (unpaired) electrons. The normalized spacial score (nSPS) is 12.1. The van der Waals surface area contributed by atoms with E-state index in [-0.39, 0.29) is 5.41 Å². The molecule has 2 rings (SSSR count). The van der Waals surface area contributed by atoms with Gasteiger partial charge in [-0.2, -0.15) is 0 Å². The van der Waals surface area contributed by atoms with E-state index in [9.17, 15) is 0 Å². The molecule has 6 heteroatoms. The number of hydrogen-bond acceptors (Lipinski definition) is 4. The first-order chi connectivity index (χ1) is 13.3. The summed E-state index contributed by atoms with van der Waals surface area (Å²) in [4.78, 5) is 11.0. The molecule has 28 heavy (non-hydrogen) atoms. The minimum absolute atomic E-state index is 0.0392. The summed E-state index contributed by atoms with van der Waals surface area (Å²) in [6.45, 7) is 10.5. The van der Waals surface area contributed by atoms with Crippen molar-refractivity contribution in [2.45, 2.75) is 52.5 Å². The van der Waals surface area contributed by atoms with E-state index in [4.69, 9.17) is 4.42 Å². The molecule has 0 fully saturated rings. The molecule has 2 aromatic rings. The van der Waals surface area contributed by atoms with E-state index < -0.39 is 0 Å². The van der Waals surface area contributed by atoms with E-state index in [1.807, 2.05) is 0 Å². The Hall–Kier alpha value is -2.50. The fourth-order valence-corrected chi connectivity index (χ4v) is 2.68. The second-order valence-electron chi connectivity index (χ2n) is 8.15.